The van der Waals surface area contributed by atoms with Crippen LogP contribution in [-0.2, 0) is 17.7 Å². The minimum atomic E-state index is -2.56. The Hall–Kier alpha value is -1.71. The summed E-state index contributed by atoms with van der Waals surface area (Å²) in [5.74, 6) is 1.46. The SMILES string of the molecule is FC(F)c1cc2c(cc1Br)OCCN2c1nn(C2CCOCC2)c2c1CNCC2. The van der Waals surface area contributed by atoms with Crippen molar-refractivity contribution >= 4 is 27.4 Å². The molecule has 1 aromatic heterocycles. The average molecular weight is 469 g/mol. The van der Waals surface area contributed by atoms with Crippen molar-refractivity contribution in [2.24, 2.45) is 0 Å². The van der Waals surface area contributed by atoms with E-state index in [1.165, 1.54) is 11.8 Å². The molecule has 0 amide bonds. The summed E-state index contributed by atoms with van der Waals surface area (Å²) in [6, 6.07) is 3.49. The molecule has 5 rings (SSSR count). The van der Waals surface area contributed by atoms with Gasteiger partial charge in [-0.3, -0.25) is 4.68 Å². The van der Waals surface area contributed by atoms with Crippen LogP contribution < -0.4 is 15.0 Å². The Morgan fingerprint density at radius 3 is 2.83 bits per heavy atom. The number of alkyl halides is 2. The molecule has 0 aliphatic carbocycles. The number of anilines is 2. The normalized spacial score (nSPS) is 19.8. The Bertz CT molecular complexity index is 914. The van der Waals surface area contributed by atoms with Crippen LogP contribution in [0.1, 0.15) is 42.1 Å². The second kappa shape index (κ2) is 7.85. The first-order chi connectivity index (χ1) is 14.1. The third-order valence-corrected chi connectivity index (χ3v) is 6.59. The van der Waals surface area contributed by atoms with Crippen LogP contribution in [0, 0.1) is 0 Å². The number of aromatic nitrogens is 2. The molecule has 3 aliphatic heterocycles. The predicted octanol–water partition coefficient (Wildman–Crippen LogP) is 4.11. The lowest BCUT2D eigenvalue weighted by Gasteiger charge is -2.31. The van der Waals surface area contributed by atoms with Crippen molar-refractivity contribution in [3.63, 3.8) is 0 Å². The molecule has 6 nitrogen and oxygen atoms in total. The van der Waals surface area contributed by atoms with Crippen LogP contribution in [0.3, 0.4) is 0 Å². The number of hydrogen-bond donors (Lipinski definition) is 1. The zero-order valence-corrected chi connectivity index (χ0v) is 17.6. The van der Waals surface area contributed by atoms with Crippen LogP contribution in [0.2, 0.25) is 0 Å². The van der Waals surface area contributed by atoms with Crippen molar-refractivity contribution in [1.82, 2.24) is 15.1 Å². The largest absolute Gasteiger partial charge is 0.489 e. The molecule has 3 aliphatic rings. The first kappa shape index (κ1) is 19.3. The van der Waals surface area contributed by atoms with Crippen LogP contribution in [0.4, 0.5) is 20.3 Å². The highest BCUT2D eigenvalue weighted by molar-refractivity contribution is 9.10. The summed E-state index contributed by atoms with van der Waals surface area (Å²) in [6.07, 6.45) is 0.250. The second-order valence-electron chi connectivity index (χ2n) is 7.61. The number of halogens is 3. The summed E-state index contributed by atoms with van der Waals surface area (Å²) in [4.78, 5) is 2.04. The van der Waals surface area contributed by atoms with Crippen molar-refractivity contribution in [2.45, 2.75) is 38.3 Å². The van der Waals surface area contributed by atoms with E-state index in [-0.39, 0.29) is 5.56 Å². The van der Waals surface area contributed by atoms with Gasteiger partial charge < -0.3 is 19.7 Å². The van der Waals surface area contributed by atoms with E-state index in [1.807, 2.05) is 4.90 Å². The van der Waals surface area contributed by atoms with E-state index in [1.54, 1.807) is 6.07 Å². The number of fused-ring (bicyclic) bond motifs is 2. The van der Waals surface area contributed by atoms with Crippen molar-refractivity contribution in [2.75, 3.05) is 37.8 Å². The van der Waals surface area contributed by atoms with Gasteiger partial charge in [-0.2, -0.15) is 5.10 Å². The quantitative estimate of drug-likeness (QED) is 0.734. The number of nitrogens with one attached hydrogen (secondary N) is 1. The lowest BCUT2D eigenvalue weighted by atomic mass is 10.0. The standard InChI is InChI=1S/C20H23BrF2N4O2/c21-15-10-18-17(9-13(15)19(22)23)26(5-8-29-18)20-14-11-24-4-1-16(14)27(25-20)12-2-6-28-7-3-12/h9-10,12,19,24H,1-8,11H2. The van der Waals surface area contributed by atoms with Crippen LogP contribution >= 0.6 is 15.9 Å². The number of hydrogen-bond acceptors (Lipinski definition) is 5. The smallest absolute Gasteiger partial charge is 0.265 e. The molecule has 0 atom stereocenters. The van der Waals surface area contributed by atoms with E-state index in [9.17, 15) is 8.78 Å². The Morgan fingerprint density at radius 1 is 1.21 bits per heavy atom. The first-order valence-corrected chi connectivity index (χ1v) is 10.8. The van der Waals surface area contributed by atoms with E-state index in [2.05, 4.69) is 25.9 Å². The van der Waals surface area contributed by atoms with Crippen LogP contribution in [0.15, 0.2) is 16.6 Å². The van der Waals surface area contributed by atoms with Gasteiger partial charge in [0.1, 0.15) is 12.4 Å². The van der Waals surface area contributed by atoms with Gasteiger partial charge in [-0.1, -0.05) is 15.9 Å². The Balaban J connectivity index is 1.60. The topological polar surface area (TPSA) is 51.5 Å². The fourth-order valence-electron chi connectivity index (χ4n) is 4.45. The minimum Gasteiger partial charge on any atom is -0.489 e. The van der Waals surface area contributed by atoms with Crippen molar-refractivity contribution in [1.29, 1.82) is 0 Å². The Kier molecular flexibility index (Phi) is 5.21. The molecular formula is C20H23BrF2N4O2. The molecule has 0 unspecified atom stereocenters. The van der Waals surface area contributed by atoms with Crippen LogP contribution in [0.25, 0.3) is 0 Å². The molecule has 156 valence electrons. The molecule has 1 fully saturated rings. The minimum absolute atomic E-state index is 0.0323. The number of benzene rings is 1. The molecule has 1 saturated heterocycles. The summed E-state index contributed by atoms with van der Waals surface area (Å²) >= 11 is 3.25. The maximum atomic E-state index is 13.5. The predicted molar refractivity (Wildman–Crippen MR) is 108 cm³/mol. The molecule has 1 N–H and O–H groups in total. The van der Waals surface area contributed by atoms with Gasteiger partial charge in [-0.25, -0.2) is 8.78 Å². The van der Waals surface area contributed by atoms with Crippen molar-refractivity contribution < 1.29 is 18.3 Å². The molecule has 0 saturated carbocycles. The number of ether oxygens (including phenoxy) is 2. The van der Waals surface area contributed by atoms with E-state index in [4.69, 9.17) is 14.6 Å². The zero-order valence-electron chi connectivity index (χ0n) is 16.0. The van der Waals surface area contributed by atoms with E-state index < -0.39 is 6.43 Å². The Morgan fingerprint density at radius 2 is 2.03 bits per heavy atom. The monoisotopic (exact) mass is 468 g/mol. The molecule has 1 aromatic carbocycles. The summed E-state index contributed by atoms with van der Waals surface area (Å²) in [6.45, 7) is 4.22. The molecule has 29 heavy (non-hydrogen) atoms. The zero-order chi connectivity index (χ0) is 20.0. The maximum absolute atomic E-state index is 13.5. The van der Waals surface area contributed by atoms with Gasteiger partial charge in [-0.05, 0) is 25.0 Å². The van der Waals surface area contributed by atoms with Gasteiger partial charge >= 0.3 is 0 Å². The molecule has 9 heteroatoms. The maximum Gasteiger partial charge on any atom is 0.265 e. The van der Waals surface area contributed by atoms with Crippen molar-refractivity contribution in [3.05, 3.63) is 33.4 Å². The number of rotatable bonds is 3. The summed E-state index contributed by atoms with van der Waals surface area (Å²) in [7, 11) is 0. The van der Waals surface area contributed by atoms with Gasteiger partial charge in [0.25, 0.3) is 6.43 Å². The molecular weight excluding hydrogens is 446 g/mol. The van der Waals surface area contributed by atoms with Gasteiger partial charge in [-0.15, -0.1) is 0 Å². The molecule has 0 radical (unpaired) electrons. The molecule has 0 spiro atoms. The first-order valence-electron chi connectivity index (χ1n) is 10.0. The molecule has 0 bridgehead atoms. The van der Waals surface area contributed by atoms with E-state index in [0.29, 0.717) is 35.1 Å². The van der Waals surface area contributed by atoms with Crippen molar-refractivity contribution in [3.8, 4) is 5.75 Å². The van der Waals surface area contributed by atoms with E-state index in [0.717, 1.165) is 56.9 Å². The fraction of sp³-hybridized carbons (Fsp3) is 0.550. The lowest BCUT2D eigenvalue weighted by Crippen LogP contribution is -2.31. The second-order valence-corrected chi connectivity index (χ2v) is 8.46. The summed E-state index contributed by atoms with van der Waals surface area (Å²) in [5.41, 5.74) is 3.04. The fourth-order valence-corrected chi connectivity index (χ4v) is 4.94. The van der Waals surface area contributed by atoms with Crippen LogP contribution in [-0.4, -0.2) is 42.7 Å². The van der Waals surface area contributed by atoms with Gasteiger partial charge in [0.05, 0.1) is 18.3 Å². The van der Waals surface area contributed by atoms with E-state index >= 15 is 0 Å². The average Bonchev–Trinajstić information content (AvgIpc) is 3.13. The molecule has 4 heterocycles. The van der Waals surface area contributed by atoms with Gasteiger partial charge in [0, 0.05) is 54.0 Å². The third kappa shape index (κ3) is 3.43. The lowest BCUT2D eigenvalue weighted by molar-refractivity contribution is 0.0653. The van der Waals surface area contributed by atoms with Gasteiger partial charge in [0.2, 0.25) is 0 Å². The van der Waals surface area contributed by atoms with Gasteiger partial charge in [0.15, 0.2) is 5.82 Å². The highest BCUT2D eigenvalue weighted by Gasteiger charge is 2.32. The third-order valence-electron chi connectivity index (χ3n) is 5.91. The van der Waals surface area contributed by atoms with Crippen LogP contribution in [0.5, 0.6) is 5.75 Å². The summed E-state index contributed by atoms with van der Waals surface area (Å²) < 4.78 is 40.9. The summed E-state index contributed by atoms with van der Waals surface area (Å²) in [5, 5.41) is 8.46. The molecule has 2 aromatic rings. The highest BCUT2D eigenvalue weighted by Crippen LogP contribution is 2.44. The number of nitrogens with zero attached hydrogens (tertiary/aromatic N) is 3. The Labute approximate surface area is 176 Å². The highest BCUT2D eigenvalue weighted by atomic mass is 79.9.